The lowest BCUT2D eigenvalue weighted by Gasteiger charge is -2.19. The van der Waals surface area contributed by atoms with Gasteiger partial charge in [0.05, 0.1) is 6.54 Å². The molecule has 7 heteroatoms. The van der Waals surface area contributed by atoms with E-state index < -0.39 is 0 Å². The molecule has 2 heterocycles. The fourth-order valence-corrected chi connectivity index (χ4v) is 4.18. The standard InChI is InChI=1S/C20H25BrN4OS/c1-2-12-25-19(16-7-9-17(21)10-8-16)22-20(23-25)27-15-11-18(26)24-13-5-3-4-6-14-24/h2,7-10H,1,3-6,11-15H2. The number of hydrogen-bond donors (Lipinski definition) is 0. The highest BCUT2D eigenvalue weighted by molar-refractivity contribution is 9.10. The minimum absolute atomic E-state index is 0.253. The normalized spacial score (nSPS) is 14.8. The van der Waals surface area contributed by atoms with Crippen LogP contribution in [-0.2, 0) is 11.3 Å². The Labute approximate surface area is 173 Å². The van der Waals surface area contributed by atoms with Crippen LogP contribution in [0.25, 0.3) is 11.4 Å². The summed E-state index contributed by atoms with van der Waals surface area (Å²) < 4.78 is 2.89. The average molecular weight is 449 g/mol. The molecule has 1 aromatic heterocycles. The van der Waals surface area contributed by atoms with Crippen molar-refractivity contribution in [1.29, 1.82) is 0 Å². The molecular weight excluding hydrogens is 424 g/mol. The zero-order valence-corrected chi connectivity index (χ0v) is 17.8. The van der Waals surface area contributed by atoms with Gasteiger partial charge in [0.2, 0.25) is 11.1 Å². The molecule has 27 heavy (non-hydrogen) atoms. The van der Waals surface area contributed by atoms with Crippen molar-refractivity contribution in [2.75, 3.05) is 18.8 Å². The van der Waals surface area contributed by atoms with Crippen LogP contribution in [0.2, 0.25) is 0 Å². The topological polar surface area (TPSA) is 51.0 Å². The smallest absolute Gasteiger partial charge is 0.223 e. The van der Waals surface area contributed by atoms with E-state index in [-0.39, 0.29) is 5.91 Å². The number of halogens is 1. The third kappa shape index (κ3) is 5.69. The van der Waals surface area contributed by atoms with Crippen molar-refractivity contribution in [3.63, 3.8) is 0 Å². The third-order valence-corrected chi connectivity index (χ3v) is 5.93. The Morgan fingerprint density at radius 2 is 1.89 bits per heavy atom. The number of nitrogens with zero attached hydrogens (tertiary/aromatic N) is 4. The summed E-state index contributed by atoms with van der Waals surface area (Å²) in [5.74, 6) is 1.78. The van der Waals surface area contributed by atoms with Gasteiger partial charge in [-0.25, -0.2) is 9.67 Å². The Kier molecular flexibility index (Phi) is 7.52. The second-order valence-corrected chi connectivity index (χ2v) is 8.57. The zero-order chi connectivity index (χ0) is 19.1. The summed E-state index contributed by atoms with van der Waals surface area (Å²) in [6.07, 6.45) is 7.08. The summed E-state index contributed by atoms with van der Waals surface area (Å²) in [7, 11) is 0. The molecule has 0 N–H and O–H groups in total. The zero-order valence-electron chi connectivity index (χ0n) is 15.4. The molecule has 2 aromatic rings. The summed E-state index contributed by atoms with van der Waals surface area (Å²) in [4.78, 5) is 19.1. The van der Waals surface area contributed by atoms with Crippen LogP contribution in [0, 0.1) is 0 Å². The molecule has 0 bridgehead atoms. The molecule has 0 radical (unpaired) electrons. The van der Waals surface area contributed by atoms with Crippen molar-refractivity contribution >= 4 is 33.6 Å². The van der Waals surface area contributed by atoms with E-state index in [0.29, 0.717) is 23.9 Å². The number of aromatic nitrogens is 3. The van der Waals surface area contributed by atoms with Gasteiger partial charge >= 0.3 is 0 Å². The molecule has 1 amide bonds. The van der Waals surface area contributed by atoms with Gasteiger partial charge in [-0.2, -0.15) is 0 Å². The molecule has 0 spiro atoms. The number of amides is 1. The molecule has 1 aromatic carbocycles. The number of carbonyl (C=O) groups excluding carboxylic acids is 1. The van der Waals surface area contributed by atoms with E-state index in [0.717, 1.165) is 41.8 Å². The quantitative estimate of drug-likeness (QED) is 0.451. The number of allylic oxidation sites excluding steroid dienone is 1. The number of thioether (sulfide) groups is 1. The van der Waals surface area contributed by atoms with Crippen LogP contribution in [0.4, 0.5) is 0 Å². The molecule has 1 aliphatic rings. The van der Waals surface area contributed by atoms with E-state index in [4.69, 9.17) is 0 Å². The van der Waals surface area contributed by atoms with Crippen molar-refractivity contribution < 1.29 is 4.79 Å². The Bertz CT molecular complexity index is 767. The summed E-state index contributed by atoms with van der Waals surface area (Å²) in [6.45, 7) is 6.22. The van der Waals surface area contributed by atoms with Crippen molar-refractivity contribution in [2.24, 2.45) is 0 Å². The largest absolute Gasteiger partial charge is 0.343 e. The van der Waals surface area contributed by atoms with E-state index in [9.17, 15) is 4.79 Å². The highest BCUT2D eigenvalue weighted by Gasteiger charge is 2.16. The number of benzene rings is 1. The summed E-state index contributed by atoms with van der Waals surface area (Å²) >= 11 is 5.00. The minimum atomic E-state index is 0.253. The molecule has 0 saturated carbocycles. The fourth-order valence-electron chi connectivity index (χ4n) is 3.15. The molecule has 3 rings (SSSR count). The van der Waals surface area contributed by atoms with Crippen molar-refractivity contribution in [3.8, 4) is 11.4 Å². The lowest BCUT2D eigenvalue weighted by Crippen LogP contribution is -2.31. The van der Waals surface area contributed by atoms with Crippen molar-refractivity contribution in [2.45, 2.75) is 43.8 Å². The van der Waals surface area contributed by atoms with Gasteiger partial charge in [-0.05, 0) is 25.0 Å². The van der Waals surface area contributed by atoms with Crippen LogP contribution in [0.1, 0.15) is 32.1 Å². The van der Waals surface area contributed by atoms with E-state index in [1.165, 1.54) is 12.8 Å². The van der Waals surface area contributed by atoms with Crippen LogP contribution in [0.3, 0.4) is 0 Å². The van der Waals surface area contributed by atoms with Crippen molar-refractivity contribution in [1.82, 2.24) is 19.7 Å². The van der Waals surface area contributed by atoms with Gasteiger partial charge in [0, 0.05) is 35.3 Å². The lowest BCUT2D eigenvalue weighted by molar-refractivity contribution is -0.130. The molecule has 1 fully saturated rings. The maximum atomic E-state index is 12.4. The van der Waals surface area contributed by atoms with E-state index >= 15 is 0 Å². The molecule has 5 nitrogen and oxygen atoms in total. The number of carbonyl (C=O) groups is 1. The van der Waals surface area contributed by atoms with Gasteiger partial charge in [-0.1, -0.05) is 58.7 Å². The monoisotopic (exact) mass is 448 g/mol. The number of likely N-dealkylation sites (tertiary alicyclic amines) is 1. The predicted molar refractivity (Wildman–Crippen MR) is 114 cm³/mol. The van der Waals surface area contributed by atoms with E-state index in [2.05, 4.69) is 32.6 Å². The number of rotatable bonds is 7. The van der Waals surface area contributed by atoms with Gasteiger partial charge in [-0.3, -0.25) is 4.79 Å². The van der Waals surface area contributed by atoms with E-state index in [1.54, 1.807) is 11.8 Å². The van der Waals surface area contributed by atoms with Gasteiger partial charge in [0.25, 0.3) is 0 Å². The van der Waals surface area contributed by atoms with Gasteiger partial charge in [-0.15, -0.1) is 11.7 Å². The Morgan fingerprint density at radius 1 is 1.19 bits per heavy atom. The van der Waals surface area contributed by atoms with Crippen LogP contribution in [0.15, 0.2) is 46.5 Å². The Balaban J connectivity index is 1.61. The molecule has 0 atom stereocenters. The first-order valence-corrected chi connectivity index (χ1v) is 11.2. The molecule has 0 aliphatic carbocycles. The number of hydrogen-bond acceptors (Lipinski definition) is 4. The Hall–Kier alpha value is -1.60. The second kappa shape index (κ2) is 10.1. The van der Waals surface area contributed by atoms with Gasteiger partial charge in [0.1, 0.15) is 0 Å². The highest BCUT2D eigenvalue weighted by atomic mass is 79.9. The molecule has 1 saturated heterocycles. The van der Waals surface area contributed by atoms with Crippen molar-refractivity contribution in [3.05, 3.63) is 41.4 Å². The van der Waals surface area contributed by atoms with E-state index in [1.807, 2.05) is 39.9 Å². The highest BCUT2D eigenvalue weighted by Crippen LogP contribution is 2.24. The lowest BCUT2D eigenvalue weighted by atomic mass is 10.2. The summed E-state index contributed by atoms with van der Waals surface area (Å²) in [5.41, 5.74) is 1.01. The van der Waals surface area contributed by atoms with Crippen LogP contribution >= 0.6 is 27.7 Å². The molecular formula is C20H25BrN4OS. The van der Waals surface area contributed by atoms with Gasteiger partial charge < -0.3 is 4.90 Å². The minimum Gasteiger partial charge on any atom is -0.343 e. The first kappa shape index (κ1) is 20.1. The summed E-state index contributed by atoms with van der Waals surface area (Å²) in [6, 6.07) is 8.03. The molecule has 1 aliphatic heterocycles. The molecule has 0 unspecified atom stereocenters. The summed E-state index contributed by atoms with van der Waals surface area (Å²) in [5, 5.41) is 5.29. The first-order valence-electron chi connectivity index (χ1n) is 9.39. The maximum absolute atomic E-state index is 12.4. The Morgan fingerprint density at radius 3 is 2.56 bits per heavy atom. The second-order valence-electron chi connectivity index (χ2n) is 6.59. The SMILES string of the molecule is C=CCn1nc(SCCC(=O)N2CCCCCC2)nc1-c1ccc(Br)cc1. The van der Waals surface area contributed by atoms with Crippen LogP contribution in [0.5, 0.6) is 0 Å². The maximum Gasteiger partial charge on any atom is 0.223 e. The fraction of sp³-hybridized carbons (Fsp3) is 0.450. The predicted octanol–water partition coefficient (Wildman–Crippen LogP) is 4.78. The molecule has 144 valence electrons. The van der Waals surface area contributed by atoms with Crippen LogP contribution < -0.4 is 0 Å². The first-order chi connectivity index (χ1) is 13.2. The van der Waals surface area contributed by atoms with Gasteiger partial charge in [0.15, 0.2) is 5.82 Å². The average Bonchev–Trinajstić information content (AvgIpc) is 2.88. The third-order valence-electron chi connectivity index (χ3n) is 4.56. The van der Waals surface area contributed by atoms with Crippen LogP contribution in [-0.4, -0.2) is 44.4 Å².